The summed E-state index contributed by atoms with van der Waals surface area (Å²) in [5.74, 6) is 0.432. The number of aryl methyl sites for hydroxylation is 1. The molecule has 0 aliphatic heterocycles. The maximum Gasteiger partial charge on any atom is 0.263 e. The minimum absolute atomic E-state index is 0.102. The van der Waals surface area contributed by atoms with E-state index in [4.69, 9.17) is 0 Å². The van der Waals surface area contributed by atoms with Gasteiger partial charge in [-0.15, -0.1) is 11.3 Å². The lowest BCUT2D eigenvalue weighted by Gasteiger charge is -2.22. The zero-order valence-corrected chi connectivity index (χ0v) is 12.2. The molecule has 20 heavy (non-hydrogen) atoms. The summed E-state index contributed by atoms with van der Waals surface area (Å²) in [7, 11) is 0. The van der Waals surface area contributed by atoms with Crippen LogP contribution in [0.3, 0.4) is 0 Å². The molecule has 106 valence electrons. The molecule has 3 rings (SSSR count). The molecule has 0 bridgehead atoms. The van der Waals surface area contributed by atoms with Crippen molar-refractivity contribution in [3.8, 4) is 0 Å². The normalized spacial score (nSPS) is 16.4. The van der Waals surface area contributed by atoms with E-state index in [1.54, 1.807) is 12.3 Å². The molecule has 2 aromatic heterocycles. The van der Waals surface area contributed by atoms with Gasteiger partial charge in [0.15, 0.2) is 0 Å². The van der Waals surface area contributed by atoms with Gasteiger partial charge in [0.2, 0.25) is 0 Å². The van der Waals surface area contributed by atoms with Gasteiger partial charge in [0.1, 0.15) is 16.2 Å². The number of aromatic amines is 1. The second kappa shape index (κ2) is 5.36. The second-order valence-corrected chi connectivity index (χ2v) is 6.17. The fourth-order valence-electron chi connectivity index (χ4n) is 2.71. The van der Waals surface area contributed by atoms with Gasteiger partial charge < -0.3 is 10.3 Å². The average molecular weight is 291 g/mol. The van der Waals surface area contributed by atoms with Gasteiger partial charge in [0, 0.05) is 11.4 Å². The smallest absolute Gasteiger partial charge is 0.263 e. The summed E-state index contributed by atoms with van der Waals surface area (Å²) >= 11 is 1.29. The van der Waals surface area contributed by atoms with E-state index < -0.39 is 0 Å². The topological polar surface area (TPSA) is 74.8 Å². The summed E-state index contributed by atoms with van der Waals surface area (Å²) in [6.45, 7) is 1.72. The van der Waals surface area contributed by atoms with Crippen LogP contribution in [0.4, 0.5) is 0 Å². The molecule has 0 spiro atoms. The van der Waals surface area contributed by atoms with Crippen LogP contribution in [0.15, 0.2) is 10.2 Å². The van der Waals surface area contributed by atoms with E-state index in [1.165, 1.54) is 30.6 Å². The highest BCUT2D eigenvalue weighted by Crippen LogP contribution is 2.23. The number of hydrogen-bond acceptors (Lipinski definition) is 4. The van der Waals surface area contributed by atoms with Gasteiger partial charge in [-0.2, -0.15) is 0 Å². The van der Waals surface area contributed by atoms with Crippen LogP contribution in [-0.2, 0) is 0 Å². The van der Waals surface area contributed by atoms with Gasteiger partial charge in [0.25, 0.3) is 11.5 Å². The SMILES string of the molecule is Cc1nc2c(C(=O)NC3CCCCC3)scc2c(=O)[nH]1. The summed E-state index contributed by atoms with van der Waals surface area (Å²) < 4.78 is 0. The standard InChI is InChI=1S/C14H17N3O2S/c1-8-15-11-10(13(18)16-8)7-20-12(11)14(19)17-9-5-3-2-4-6-9/h7,9H,2-6H2,1H3,(H,17,19)(H,15,16,18). The third-order valence-electron chi connectivity index (χ3n) is 3.73. The predicted molar refractivity (Wildman–Crippen MR) is 79.3 cm³/mol. The minimum Gasteiger partial charge on any atom is -0.349 e. The van der Waals surface area contributed by atoms with E-state index in [1.807, 2.05) is 0 Å². The number of rotatable bonds is 2. The van der Waals surface area contributed by atoms with E-state index >= 15 is 0 Å². The first kappa shape index (κ1) is 13.3. The van der Waals surface area contributed by atoms with Crippen LogP contribution in [0.2, 0.25) is 0 Å². The van der Waals surface area contributed by atoms with Crippen LogP contribution in [-0.4, -0.2) is 21.9 Å². The lowest BCUT2D eigenvalue weighted by atomic mass is 9.95. The van der Waals surface area contributed by atoms with Crippen molar-refractivity contribution >= 4 is 28.1 Å². The summed E-state index contributed by atoms with van der Waals surface area (Å²) in [5, 5.41) is 5.27. The molecule has 1 fully saturated rings. The molecule has 1 saturated carbocycles. The van der Waals surface area contributed by atoms with Crippen molar-refractivity contribution in [1.82, 2.24) is 15.3 Å². The van der Waals surface area contributed by atoms with Crippen LogP contribution in [0.1, 0.15) is 47.6 Å². The van der Waals surface area contributed by atoms with Gasteiger partial charge in [-0.3, -0.25) is 9.59 Å². The molecule has 1 aliphatic carbocycles. The molecule has 2 N–H and O–H groups in total. The molecule has 0 radical (unpaired) electrons. The fraction of sp³-hybridized carbons (Fsp3) is 0.500. The van der Waals surface area contributed by atoms with Crippen LogP contribution < -0.4 is 10.9 Å². The largest absolute Gasteiger partial charge is 0.349 e. The summed E-state index contributed by atoms with van der Waals surface area (Å²) in [6.07, 6.45) is 5.69. The highest BCUT2D eigenvalue weighted by atomic mass is 32.1. The van der Waals surface area contributed by atoms with E-state index in [-0.39, 0.29) is 17.5 Å². The number of carbonyl (C=O) groups is 1. The highest BCUT2D eigenvalue weighted by Gasteiger charge is 2.20. The van der Waals surface area contributed by atoms with E-state index in [9.17, 15) is 9.59 Å². The Morgan fingerprint density at radius 3 is 2.90 bits per heavy atom. The maximum atomic E-state index is 12.4. The van der Waals surface area contributed by atoms with E-state index in [0.717, 1.165) is 12.8 Å². The molecule has 5 nitrogen and oxygen atoms in total. The number of H-pyrrole nitrogens is 1. The number of nitrogens with zero attached hydrogens (tertiary/aromatic N) is 1. The third-order valence-corrected chi connectivity index (χ3v) is 4.70. The lowest BCUT2D eigenvalue weighted by molar-refractivity contribution is 0.0933. The molecule has 0 saturated heterocycles. The molecule has 0 atom stereocenters. The van der Waals surface area contributed by atoms with E-state index in [0.29, 0.717) is 21.6 Å². The molecule has 0 unspecified atom stereocenters. The van der Waals surface area contributed by atoms with Gasteiger partial charge in [0.05, 0.1) is 5.39 Å². The predicted octanol–water partition coefficient (Wildman–Crippen LogP) is 2.36. The first-order chi connectivity index (χ1) is 9.65. The summed E-state index contributed by atoms with van der Waals surface area (Å²) in [6, 6.07) is 0.261. The Bertz CT molecular complexity index is 698. The maximum absolute atomic E-state index is 12.4. The molecule has 0 aromatic carbocycles. The zero-order valence-electron chi connectivity index (χ0n) is 11.4. The number of amides is 1. The zero-order chi connectivity index (χ0) is 14.1. The Hall–Kier alpha value is -1.69. The number of hydrogen-bond donors (Lipinski definition) is 2. The van der Waals surface area contributed by atoms with Crippen molar-refractivity contribution in [3.63, 3.8) is 0 Å². The number of aromatic nitrogens is 2. The Balaban J connectivity index is 1.89. The fourth-order valence-corrected chi connectivity index (χ4v) is 3.60. The number of carbonyl (C=O) groups excluding carboxylic acids is 1. The van der Waals surface area contributed by atoms with Crippen LogP contribution in [0, 0.1) is 6.92 Å². The second-order valence-electron chi connectivity index (χ2n) is 5.29. The molecule has 1 aliphatic rings. The highest BCUT2D eigenvalue weighted by molar-refractivity contribution is 7.13. The first-order valence-corrected chi connectivity index (χ1v) is 7.82. The van der Waals surface area contributed by atoms with Crippen molar-refractivity contribution in [1.29, 1.82) is 0 Å². The Morgan fingerprint density at radius 1 is 1.40 bits per heavy atom. The number of fused-ring (bicyclic) bond motifs is 1. The Kier molecular flexibility index (Phi) is 3.56. The summed E-state index contributed by atoms with van der Waals surface area (Å²) in [4.78, 5) is 31.7. The Morgan fingerprint density at radius 2 is 2.15 bits per heavy atom. The molecule has 1 amide bonds. The van der Waals surface area contributed by atoms with Crippen molar-refractivity contribution in [2.45, 2.75) is 45.1 Å². The van der Waals surface area contributed by atoms with Crippen LogP contribution in [0.5, 0.6) is 0 Å². The molecule has 2 heterocycles. The third kappa shape index (κ3) is 2.47. The quantitative estimate of drug-likeness (QED) is 0.892. The van der Waals surface area contributed by atoms with E-state index in [2.05, 4.69) is 15.3 Å². The molecule has 2 aromatic rings. The van der Waals surface area contributed by atoms with Crippen molar-refractivity contribution in [2.75, 3.05) is 0 Å². The van der Waals surface area contributed by atoms with Gasteiger partial charge in [-0.1, -0.05) is 19.3 Å². The van der Waals surface area contributed by atoms with Crippen LogP contribution in [0.25, 0.3) is 10.9 Å². The van der Waals surface area contributed by atoms with Crippen molar-refractivity contribution in [2.24, 2.45) is 0 Å². The monoisotopic (exact) mass is 291 g/mol. The van der Waals surface area contributed by atoms with Gasteiger partial charge in [-0.05, 0) is 19.8 Å². The lowest BCUT2D eigenvalue weighted by Crippen LogP contribution is -2.35. The van der Waals surface area contributed by atoms with Crippen molar-refractivity contribution in [3.05, 3.63) is 26.4 Å². The minimum atomic E-state index is -0.180. The van der Waals surface area contributed by atoms with Crippen molar-refractivity contribution < 1.29 is 4.79 Å². The molecular formula is C14H17N3O2S. The van der Waals surface area contributed by atoms with Crippen LogP contribution >= 0.6 is 11.3 Å². The average Bonchev–Trinajstić information content (AvgIpc) is 2.84. The summed E-state index contributed by atoms with van der Waals surface area (Å²) in [5.41, 5.74) is 0.338. The molecule has 6 heteroatoms. The Labute approximate surface area is 120 Å². The van der Waals surface area contributed by atoms with Gasteiger partial charge in [-0.25, -0.2) is 4.98 Å². The molecular weight excluding hydrogens is 274 g/mol. The number of thiophene rings is 1. The van der Waals surface area contributed by atoms with Gasteiger partial charge >= 0.3 is 0 Å². The first-order valence-electron chi connectivity index (χ1n) is 6.94. The number of nitrogens with one attached hydrogen (secondary N) is 2.